The maximum atomic E-state index is 12.7. The lowest BCUT2D eigenvalue weighted by Gasteiger charge is -2.04. The Bertz CT molecular complexity index is 481. The van der Waals surface area contributed by atoms with Gasteiger partial charge in [0.25, 0.3) is 0 Å². The second kappa shape index (κ2) is 5.63. The van der Waals surface area contributed by atoms with Crippen LogP contribution < -0.4 is 5.73 Å². The van der Waals surface area contributed by atoms with Gasteiger partial charge in [0.2, 0.25) is 0 Å². The number of anilines is 1. The lowest BCUT2D eigenvalue weighted by molar-refractivity contribution is 0.612. The van der Waals surface area contributed by atoms with Crippen molar-refractivity contribution in [3.63, 3.8) is 0 Å². The van der Waals surface area contributed by atoms with E-state index >= 15 is 0 Å². The number of nitrogens with zero attached hydrogens (tertiary/aromatic N) is 3. The van der Waals surface area contributed by atoms with Crippen molar-refractivity contribution in [3.05, 3.63) is 41.3 Å². The Balaban J connectivity index is 0.00000144. The van der Waals surface area contributed by atoms with Gasteiger partial charge in [0.15, 0.2) is 5.82 Å². The molecule has 0 fully saturated rings. The zero-order chi connectivity index (χ0) is 11.5. The van der Waals surface area contributed by atoms with E-state index in [0.717, 1.165) is 17.7 Å². The summed E-state index contributed by atoms with van der Waals surface area (Å²) in [5.74, 6) is 0.224. The van der Waals surface area contributed by atoms with E-state index in [0.29, 0.717) is 12.4 Å². The van der Waals surface area contributed by atoms with Gasteiger partial charge >= 0.3 is 0 Å². The van der Waals surface area contributed by atoms with Crippen molar-refractivity contribution in [2.24, 2.45) is 0 Å². The molecule has 2 rings (SSSR count). The lowest BCUT2D eigenvalue weighted by atomic mass is 10.2. The Hall–Kier alpha value is -1.62. The van der Waals surface area contributed by atoms with Crippen molar-refractivity contribution in [3.8, 4) is 0 Å². The number of hydrogen-bond acceptors (Lipinski definition) is 3. The summed E-state index contributed by atoms with van der Waals surface area (Å²) in [5, 5.41) is 7.77. The van der Waals surface area contributed by atoms with E-state index < -0.39 is 0 Å². The van der Waals surface area contributed by atoms with E-state index in [1.165, 1.54) is 12.1 Å². The summed E-state index contributed by atoms with van der Waals surface area (Å²) < 4.78 is 14.5. The number of halogens is 2. The molecule has 2 aromatic rings. The Labute approximate surface area is 105 Å². The average molecular weight is 257 g/mol. The van der Waals surface area contributed by atoms with E-state index in [9.17, 15) is 4.39 Å². The molecule has 92 valence electrons. The lowest BCUT2D eigenvalue weighted by Crippen LogP contribution is -2.06. The minimum atomic E-state index is -0.238. The molecule has 2 N–H and O–H groups in total. The van der Waals surface area contributed by atoms with Crippen LogP contribution in [0, 0.1) is 5.82 Å². The number of nitrogen functional groups attached to an aromatic ring is 1. The summed E-state index contributed by atoms with van der Waals surface area (Å²) in [4.78, 5) is 0. The minimum Gasteiger partial charge on any atom is -0.381 e. The highest BCUT2D eigenvalue weighted by molar-refractivity contribution is 5.85. The van der Waals surface area contributed by atoms with Gasteiger partial charge in [-0.1, -0.05) is 24.3 Å². The molecule has 1 aromatic heterocycles. The molecule has 17 heavy (non-hydrogen) atoms. The molecule has 0 saturated heterocycles. The van der Waals surface area contributed by atoms with Crippen molar-refractivity contribution < 1.29 is 4.39 Å². The topological polar surface area (TPSA) is 56.7 Å². The number of hydrogen-bond donors (Lipinski definition) is 1. The summed E-state index contributed by atoms with van der Waals surface area (Å²) in [6, 6.07) is 6.32. The summed E-state index contributed by atoms with van der Waals surface area (Å²) in [6.45, 7) is 2.56. The fourth-order valence-electron chi connectivity index (χ4n) is 1.60. The molecule has 0 aliphatic heterocycles. The number of nitrogens with two attached hydrogens (primary N) is 1. The average Bonchev–Trinajstić information content (AvgIpc) is 2.63. The number of benzene rings is 1. The van der Waals surface area contributed by atoms with Gasteiger partial charge < -0.3 is 5.73 Å². The highest BCUT2D eigenvalue weighted by atomic mass is 35.5. The molecular weight excluding hydrogens is 243 g/mol. The molecule has 1 heterocycles. The van der Waals surface area contributed by atoms with Gasteiger partial charge in [-0.3, -0.25) is 0 Å². The van der Waals surface area contributed by atoms with Crippen LogP contribution >= 0.6 is 12.4 Å². The summed E-state index contributed by atoms with van der Waals surface area (Å²) in [6.07, 6.45) is 0.778. The first-order chi connectivity index (χ1) is 7.70. The fourth-order valence-corrected chi connectivity index (χ4v) is 1.60. The molecule has 0 saturated carbocycles. The Morgan fingerprint density at radius 3 is 2.53 bits per heavy atom. The third-order valence-corrected chi connectivity index (χ3v) is 2.45. The quantitative estimate of drug-likeness (QED) is 0.914. The van der Waals surface area contributed by atoms with Crippen molar-refractivity contribution in [1.82, 2.24) is 15.0 Å². The molecule has 0 atom stereocenters. The maximum Gasteiger partial charge on any atom is 0.169 e. The highest BCUT2D eigenvalue weighted by Crippen LogP contribution is 2.11. The van der Waals surface area contributed by atoms with Crippen molar-refractivity contribution in [2.45, 2.75) is 19.9 Å². The molecule has 0 spiro atoms. The predicted octanol–water partition coefficient (Wildman–Crippen LogP) is 2.03. The smallest absolute Gasteiger partial charge is 0.169 e. The van der Waals surface area contributed by atoms with E-state index in [4.69, 9.17) is 5.73 Å². The molecule has 0 aliphatic rings. The number of aromatic nitrogens is 3. The van der Waals surface area contributed by atoms with Crippen LogP contribution in [0.4, 0.5) is 10.2 Å². The predicted molar refractivity (Wildman–Crippen MR) is 66.6 cm³/mol. The third-order valence-electron chi connectivity index (χ3n) is 2.45. The summed E-state index contributed by atoms with van der Waals surface area (Å²) in [7, 11) is 0. The van der Waals surface area contributed by atoms with Crippen molar-refractivity contribution in [1.29, 1.82) is 0 Å². The van der Waals surface area contributed by atoms with Crippen LogP contribution in [0.5, 0.6) is 0 Å². The van der Waals surface area contributed by atoms with Crippen LogP contribution in [-0.4, -0.2) is 15.0 Å². The number of rotatable bonds is 3. The van der Waals surface area contributed by atoms with E-state index in [-0.39, 0.29) is 18.2 Å². The molecule has 1 aromatic carbocycles. The minimum absolute atomic E-state index is 0. The molecule has 6 heteroatoms. The molecule has 0 bridgehead atoms. The van der Waals surface area contributed by atoms with Crippen LogP contribution in [0.1, 0.15) is 18.2 Å². The standard InChI is InChI=1S/C11H13FN4.ClH/c1-2-10-11(13)14-15-16(10)7-8-3-5-9(12)6-4-8;/h3-6H,2,7,13H2,1H3;1H. The van der Waals surface area contributed by atoms with Gasteiger partial charge in [-0.15, -0.1) is 17.5 Å². The first-order valence-electron chi connectivity index (χ1n) is 5.13. The van der Waals surface area contributed by atoms with Gasteiger partial charge in [0.1, 0.15) is 5.82 Å². The molecule has 0 radical (unpaired) electrons. The Kier molecular flexibility index (Phi) is 4.45. The van der Waals surface area contributed by atoms with E-state index in [1.54, 1.807) is 16.8 Å². The van der Waals surface area contributed by atoms with Crippen LogP contribution in [0.25, 0.3) is 0 Å². The largest absolute Gasteiger partial charge is 0.381 e. The van der Waals surface area contributed by atoms with Crippen LogP contribution in [0.15, 0.2) is 24.3 Å². The van der Waals surface area contributed by atoms with Crippen LogP contribution in [0.3, 0.4) is 0 Å². The second-order valence-electron chi connectivity index (χ2n) is 3.56. The second-order valence-corrected chi connectivity index (χ2v) is 3.56. The normalized spacial score (nSPS) is 10.0. The molecule has 0 aliphatic carbocycles. The van der Waals surface area contributed by atoms with Gasteiger partial charge in [0.05, 0.1) is 12.2 Å². The summed E-state index contributed by atoms with van der Waals surface area (Å²) in [5.41, 5.74) is 7.56. The van der Waals surface area contributed by atoms with E-state index in [2.05, 4.69) is 10.3 Å². The van der Waals surface area contributed by atoms with Crippen molar-refractivity contribution in [2.75, 3.05) is 5.73 Å². The maximum absolute atomic E-state index is 12.7. The Morgan fingerprint density at radius 2 is 1.94 bits per heavy atom. The first-order valence-corrected chi connectivity index (χ1v) is 5.13. The monoisotopic (exact) mass is 256 g/mol. The fraction of sp³-hybridized carbons (Fsp3) is 0.273. The molecule has 0 amide bonds. The van der Waals surface area contributed by atoms with Gasteiger partial charge in [-0.05, 0) is 24.1 Å². The zero-order valence-corrected chi connectivity index (χ0v) is 10.2. The third kappa shape index (κ3) is 2.94. The SMILES string of the molecule is CCc1c(N)nnn1Cc1ccc(F)cc1.Cl. The summed E-state index contributed by atoms with van der Waals surface area (Å²) >= 11 is 0. The zero-order valence-electron chi connectivity index (χ0n) is 9.43. The van der Waals surface area contributed by atoms with Gasteiger partial charge in [0, 0.05) is 0 Å². The Morgan fingerprint density at radius 1 is 1.29 bits per heavy atom. The van der Waals surface area contributed by atoms with Crippen LogP contribution in [0.2, 0.25) is 0 Å². The van der Waals surface area contributed by atoms with Gasteiger partial charge in [-0.2, -0.15) is 0 Å². The van der Waals surface area contributed by atoms with Gasteiger partial charge in [-0.25, -0.2) is 9.07 Å². The molecule has 4 nitrogen and oxygen atoms in total. The molecular formula is C11H14ClFN4. The first kappa shape index (κ1) is 13.4. The van der Waals surface area contributed by atoms with E-state index in [1.807, 2.05) is 6.92 Å². The van der Waals surface area contributed by atoms with Crippen LogP contribution in [-0.2, 0) is 13.0 Å². The molecule has 0 unspecified atom stereocenters. The van der Waals surface area contributed by atoms with Crippen molar-refractivity contribution >= 4 is 18.2 Å². The highest BCUT2D eigenvalue weighted by Gasteiger charge is 2.07.